The van der Waals surface area contributed by atoms with Crippen LogP contribution in [0.25, 0.3) is 10.9 Å². The fraction of sp³-hybridized carbons (Fsp3) is 0.0909. The lowest BCUT2D eigenvalue weighted by Gasteiger charge is -2.04. The summed E-state index contributed by atoms with van der Waals surface area (Å²) in [7, 11) is 1.39. The molecule has 0 radical (unpaired) electrons. The molecular weight excluding hydrogens is 262 g/mol. The molecule has 0 fully saturated rings. The molecule has 7 heteroatoms. The van der Waals surface area contributed by atoms with E-state index in [4.69, 9.17) is 26.6 Å². The Morgan fingerprint density at radius 1 is 1.28 bits per heavy atom. The van der Waals surface area contributed by atoms with Gasteiger partial charge in [0.15, 0.2) is 0 Å². The Balaban J connectivity index is 2.93. The third kappa shape index (κ3) is 1.67. The Morgan fingerprint density at radius 2 is 1.94 bits per heavy atom. The first-order valence-corrected chi connectivity index (χ1v) is 5.20. The number of aromatic amines is 1. The quantitative estimate of drug-likeness (QED) is 0.793. The molecule has 94 valence electrons. The molecule has 0 saturated carbocycles. The smallest absolute Gasteiger partial charge is 0.353 e. The number of aromatic carboxylic acids is 2. The summed E-state index contributed by atoms with van der Waals surface area (Å²) in [5.74, 6) is -2.45. The molecule has 0 bridgehead atoms. The minimum Gasteiger partial charge on any atom is -0.495 e. The lowest BCUT2D eigenvalue weighted by molar-refractivity contribution is 0.0650. The second kappa shape index (κ2) is 4.23. The van der Waals surface area contributed by atoms with Crippen LogP contribution >= 0.6 is 11.6 Å². The summed E-state index contributed by atoms with van der Waals surface area (Å²) in [6, 6.07) is 3.04. The van der Waals surface area contributed by atoms with Gasteiger partial charge in [0.25, 0.3) is 0 Å². The van der Waals surface area contributed by atoms with Crippen LogP contribution in [-0.4, -0.2) is 34.2 Å². The second-order valence-corrected chi connectivity index (χ2v) is 3.87. The summed E-state index contributed by atoms with van der Waals surface area (Å²) >= 11 is 6.01. The van der Waals surface area contributed by atoms with Gasteiger partial charge in [-0.15, -0.1) is 0 Å². The Morgan fingerprint density at radius 3 is 2.44 bits per heavy atom. The second-order valence-electron chi connectivity index (χ2n) is 3.49. The maximum absolute atomic E-state index is 11.2. The van der Waals surface area contributed by atoms with Crippen molar-refractivity contribution in [1.29, 1.82) is 0 Å². The van der Waals surface area contributed by atoms with Gasteiger partial charge in [0.05, 0.1) is 12.1 Å². The number of aromatic nitrogens is 1. The normalized spacial score (nSPS) is 10.6. The fourth-order valence-corrected chi connectivity index (χ4v) is 2.10. The molecule has 0 spiro atoms. The van der Waals surface area contributed by atoms with Crippen LogP contribution in [0.4, 0.5) is 0 Å². The highest BCUT2D eigenvalue weighted by molar-refractivity contribution is 6.38. The highest BCUT2D eigenvalue weighted by atomic mass is 35.5. The average Bonchev–Trinajstić information content (AvgIpc) is 2.70. The molecule has 0 aliphatic carbocycles. The van der Waals surface area contributed by atoms with Crippen molar-refractivity contribution in [3.63, 3.8) is 0 Å². The van der Waals surface area contributed by atoms with Crippen molar-refractivity contribution in [3.05, 3.63) is 28.4 Å². The molecule has 2 aromatic rings. The van der Waals surface area contributed by atoms with Gasteiger partial charge < -0.3 is 19.9 Å². The minimum atomic E-state index is -1.37. The SMILES string of the molecule is COc1ccc2[nH]c(C(=O)O)c(C(=O)O)c2c1Cl. The van der Waals surface area contributed by atoms with Crippen LogP contribution in [0.3, 0.4) is 0 Å². The molecule has 0 saturated heterocycles. The number of hydrogen-bond donors (Lipinski definition) is 3. The van der Waals surface area contributed by atoms with Gasteiger partial charge in [-0.2, -0.15) is 0 Å². The molecule has 18 heavy (non-hydrogen) atoms. The zero-order valence-corrected chi connectivity index (χ0v) is 9.91. The number of carbonyl (C=O) groups is 2. The molecule has 6 nitrogen and oxygen atoms in total. The summed E-state index contributed by atoms with van der Waals surface area (Å²) in [4.78, 5) is 24.7. The van der Waals surface area contributed by atoms with E-state index in [1.807, 2.05) is 0 Å². The molecule has 0 unspecified atom stereocenters. The summed E-state index contributed by atoms with van der Waals surface area (Å²) in [5, 5.41) is 18.3. The summed E-state index contributed by atoms with van der Waals surface area (Å²) in [5.41, 5.74) is -0.454. The molecule has 1 heterocycles. The number of hydrogen-bond acceptors (Lipinski definition) is 3. The van der Waals surface area contributed by atoms with Crippen LogP contribution in [0.2, 0.25) is 5.02 Å². The first-order valence-electron chi connectivity index (χ1n) is 4.82. The van der Waals surface area contributed by atoms with Crippen molar-refractivity contribution in [2.45, 2.75) is 0 Å². The van der Waals surface area contributed by atoms with E-state index in [1.165, 1.54) is 19.2 Å². The third-order valence-electron chi connectivity index (χ3n) is 2.51. The van der Waals surface area contributed by atoms with Crippen LogP contribution in [0, 0.1) is 0 Å². The molecular formula is C11H8ClNO5. The van der Waals surface area contributed by atoms with Gasteiger partial charge in [0.1, 0.15) is 17.0 Å². The number of carboxylic acids is 2. The minimum absolute atomic E-state index is 0.0659. The standard InChI is InChI=1S/C11H8ClNO5/c1-18-5-3-2-4-6(8(5)12)7(10(14)15)9(13-4)11(16)17/h2-3,13H,1H3,(H,14,15)(H,16,17). The van der Waals surface area contributed by atoms with E-state index < -0.39 is 17.6 Å². The largest absolute Gasteiger partial charge is 0.495 e. The molecule has 0 amide bonds. The first kappa shape index (κ1) is 12.3. The molecule has 3 N–H and O–H groups in total. The van der Waals surface area contributed by atoms with Gasteiger partial charge in [-0.05, 0) is 12.1 Å². The topological polar surface area (TPSA) is 99.6 Å². The number of benzene rings is 1. The van der Waals surface area contributed by atoms with Crippen molar-refractivity contribution in [3.8, 4) is 5.75 Å². The van der Waals surface area contributed by atoms with Crippen LogP contribution in [0.5, 0.6) is 5.75 Å². The van der Waals surface area contributed by atoms with E-state index in [1.54, 1.807) is 0 Å². The number of fused-ring (bicyclic) bond motifs is 1. The Kier molecular flexibility index (Phi) is 2.88. The van der Waals surface area contributed by atoms with Gasteiger partial charge in [-0.3, -0.25) is 0 Å². The van der Waals surface area contributed by atoms with Crippen molar-refractivity contribution in [1.82, 2.24) is 4.98 Å². The zero-order valence-electron chi connectivity index (χ0n) is 9.15. The van der Waals surface area contributed by atoms with Gasteiger partial charge in [-0.1, -0.05) is 11.6 Å². The Labute approximate surface area is 106 Å². The van der Waals surface area contributed by atoms with Gasteiger partial charge in [0.2, 0.25) is 0 Å². The van der Waals surface area contributed by atoms with Gasteiger partial charge in [-0.25, -0.2) is 9.59 Å². The number of carboxylic acid groups (broad SMARTS) is 2. The molecule has 0 atom stereocenters. The molecule has 2 rings (SSSR count). The van der Waals surface area contributed by atoms with Crippen molar-refractivity contribution in [2.75, 3.05) is 7.11 Å². The zero-order chi connectivity index (χ0) is 13.4. The van der Waals surface area contributed by atoms with E-state index in [0.717, 1.165) is 0 Å². The predicted octanol–water partition coefficient (Wildman–Crippen LogP) is 2.23. The van der Waals surface area contributed by atoms with E-state index in [9.17, 15) is 9.59 Å². The lowest BCUT2D eigenvalue weighted by atomic mass is 10.1. The monoisotopic (exact) mass is 269 g/mol. The third-order valence-corrected chi connectivity index (χ3v) is 2.89. The molecule has 1 aromatic carbocycles. The van der Waals surface area contributed by atoms with Crippen LogP contribution in [-0.2, 0) is 0 Å². The number of halogens is 1. The van der Waals surface area contributed by atoms with Crippen LogP contribution in [0.1, 0.15) is 20.8 Å². The van der Waals surface area contributed by atoms with E-state index >= 15 is 0 Å². The molecule has 1 aromatic heterocycles. The van der Waals surface area contributed by atoms with Gasteiger partial charge >= 0.3 is 11.9 Å². The lowest BCUT2D eigenvalue weighted by Crippen LogP contribution is -2.06. The molecule has 0 aliphatic rings. The average molecular weight is 270 g/mol. The number of nitrogens with one attached hydrogen (secondary N) is 1. The van der Waals surface area contributed by atoms with Crippen LogP contribution < -0.4 is 4.74 Å². The Hall–Kier alpha value is -2.21. The van der Waals surface area contributed by atoms with E-state index in [-0.39, 0.29) is 21.7 Å². The van der Waals surface area contributed by atoms with Crippen LogP contribution in [0.15, 0.2) is 12.1 Å². The predicted molar refractivity (Wildman–Crippen MR) is 63.8 cm³/mol. The highest BCUT2D eigenvalue weighted by Gasteiger charge is 2.25. The van der Waals surface area contributed by atoms with Crippen molar-refractivity contribution >= 4 is 34.4 Å². The number of H-pyrrole nitrogens is 1. The first-order chi connectivity index (χ1) is 8.47. The summed E-state index contributed by atoms with van der Waals surface area (Å²) in [6.45, 7) is 0. The highest BCUT2D eigenvalue weighted by Crippen LogP contribution is 2.36. The maximum Gasteiger partial charge on any atom is 0.353 e. The number of rotatable bonds is 3. The van der Waals surface area contributed by atoms with Crippen molar-refractivity contribution < 1.29 is 24.5 Å². The number of ether oxygens (including phenoxy) is 1. The van der Waals surface area contributed by atoms with Gasteiger partial charge in [0, 0.05) is 10.9 Å². The van der Waals surface area contributed by atoms with E-state index in [0.29, 0.717) is 5.52 Å². The maximum atomic E-state index is 11.2. The van der Waals surface area contributed by atoms with E-state index in [2.05, 4.69) is 4.98 Å². The Bertz CT molecular complexity index is 661. The number of methoxy groups -OCH3 is 1. The molecule has 0 aliphatic heterocycles. The fourth-order valence-electron chi connectivity index (χ4n) is 1.76. The summed E-state index contributed by atoms with van der Waals surface area (Å²) < 4.78 is 4.97. The van der Waals surface area contributed by atoms with Crippen molar-refractivity contribution in [2.24, 2.45) is 0 Å². The summed E-state index contributed by atoms with van der Waals surface area (Å²) in [6.07, 6.45) is 0.